The van der Waals surface area contributed by atoms with Gasteiger partial charge in [-0.05, 0) is 37.7 Å². The number of benzene rings is 2. The van der Waals surface area contributed by atoms with Crippen molar-refractivity contribution in [2.75, 3.05) is 34.4 Å². The van der Waals surface area contributed by atoms with Crippen LogP contribution in [0.3, 0.4) is 0 Å². The smallest absolute Gasteiger partial charge is 0.311 e. The largest absolute Gasteiger partial charge is 0.497 e. The maximum atomic E-state index is 11.8. The van der Waals surface area contributed by atoms with Gasteiger partial charge in [0.05, 0.1) is 13.0 Å². The molecule has 0 amide bonds. The molecule has 0 saturated heterocycles. The number of hydrogen-bond acceptors (Lipinski definition) is 4. The van der Waals surface area contributed by atoms with Crippen LogP contribution in [0, 0.1) is 0 Å². The molecular formula is C20H25NO4. The highest BCUT2D eigenvalue weighted by molar-refractivity contribution is 5.76. The van der Waals surface area contributed by atoms with Gasteiger partial charge in [-0.2, -0.15) is 0 Å². The number of likely N-dealkylation sites (N-methyl/N-ethyl adjacent to an activating group) is 1. The molecule has 1 N–H and O–H groups in total. The maximum absolute atomic E-state index is 11.8. The Balaban J connectivity index is 2.25. The molecule has 0 aliphatic heterocycles. The highest BCUT2D eigenvalue weighted by atomic mass is 16.5. The van der Waals surface area contributed by atoms with E-state index in [1.165, 1.54) is 0 Å². The minimum atomic E-state index is -0.846. The molecule has 0 radical (unpaired) electrons. The fraction of sp³-hybridized carbons (Fsp3) is 0.350. The van der Waals surface area contributed by atoms with Gasteiger partial charge in [0.25, 0.3) is 0 Å². The minimum Gasteiger partial charge on any atom is -0.497 e. The van der Waals surface area contributed by atoms with Crippen molar-refractivity contribution in [3.05, 3.63) is 59.7 Å². The molecule has 2 aromatic rings. The summed E-state index contributed by atoms with van der Waals surface area (Å²) in [6.07, 6.45) is 0.362. The molecule has 0 aromatic heterocycles. The van der Waals surface area contributed by atoms with Crippen molar-refractivity contribution in [3.63, 3.8) is 0 Å². The molecule has 2 aromatic carbocycles. The van der Waals surface area contributed by atoms with Crippen LogP contribution in [0.1, 0.15) is 17.0 Å². The Bertz CT molecular complexity index is 685. The number of rotatable bonds is 9. The standard InChI is InChI=1S/C20H25NO4/c1-21(2)11-12-25-19-14-17(24-3)10-9-16(19)13-18(20(22)23)15-7-5-4-6-8-15/h4-10,14,18H,11-13H2,1-3H3,(H,22,23). The molecule has 25 heavy (non-hydrogen) atoms. The average Bonchev–Trinajstić information content (AvgIpc) is 2.60. The quantitative estimate of drug-likeness (QED) is 0.758. The highest BCUT2D eigenvalue weighted by Gasteiger charge is 2.22. The van der Waals surface area contributed by atoms with Crippen LogP contribution in [0.2, 0.25) is 0 Å². The number of carboxylic acid groups (broad SMARTS) is 1. The summed E-state index contributed by atoms with van der Waals surface area (Å²) in [6, 6.07) is 14.8. The predicted octanol–water partition coefficient (Wildman–Crippen LogP) is 3.05. The second-order valence-electron chi connectivity index (χ2n) is 6.13. The van der Waals surface area contributed by atoms with Gasteiger partial charge in [0.2, 0.25) is 0 Å². The lowest BCUT2D eigenvalue weighted by molar-refractivity contribution is -0.138. The Labute approximate surface area is 148 Å². The van der Waals surface area contributed by atoms with Crippen LogP contribution >= 0.6 is 0 Å². The molecule has 0 bridgehead atoms. The van der Waals surface area contributed by atoms with Gasteiger partial charge in [0.1, 0.15) is 18.1 Å². The normalized spacial score (nSPS) is 12.0. The molecule has 0 spiro atoms. The molecule has 134 valence electrons. The van der Waals surface area contributed by atoms with Crippen LogP contribution in [-0.2, 0) is 11.2 Å². The number of ether oxygens (including phenoxy) is 2. The van der Waals surface area contributed by atoms with E-state index in [9.17, 15) is 9.90 Å². The molecule has 0 aliphatic carbocycles. The Kier molecular flexibility index (Phi) is 6.83. The van der Waals surface area contributed by atoms with E-state index in [4.69, 9.17) is 9.47 Å². The third kappa shape index (κ3) is 5.50. The second-order valence-corrected chi connectivity index (χ2v) is 6.13. The van der Waals surface area contributed by atoms with Crippen molar-refractivity contribution in [1.29, 1.82) is 0 Å². The maximum Gasteiger partial charge on any atom is 0.311 e. The zero-order chi connectivity index (χ0) is 18.2. The summed E-state index contributed by atoms with van der Waals surface area (Å²) >= 11 is 0. The van der Waals surface area contributed by atoms with E-state index in [2.05, 4.69) is 0 Å². The first-order valence-corrected chi connectivity index (χ1v) is 8.23. The van der Waals surface area contributed by atoms with Gasteiger partial charge in [0, 0.05) is 12.6 Å². The van der Waals surface area contributed by atoms with Crippen LogP contribution < -0.4 is 9.47 Å². The number of aliphatic carboxylic acids is 1. The fourth-order valence-electron chi connectivity index (χ4n) is 2.56. The van der Waals surface area contributed by atoms with Gasteiger partial charge in [-0.15, -0.1) is 0 Å². The fourth-order valence-corrected chi connectivity index (χ4v) is 2.56. The van der Waals surface area contributed by atoms with Crippen molar-refractivity contribution in [2.24, 2.45) is 0 Å². The first kappa shape index (κ1) is 18.8. The van der Waals surface area contributed by atoms with Crippen molar-refractivity contribution in [3.8, 4) is 11.5 Å². The summed E-state index contributed by atoms with van der Waals surface area (Å²) < 4.78 is 11.2. The monoisotopic (exact) mass is 343 g/mol. The van der Waals surface area contributed by atoms with Crippen LogP contribution in [0.15, 0.2) is 48.5 Å². The predicted molar refractivity (Wildman–Crippen MR) is 97.6 cm³/mol. The topological polar surface area (TPSA) is 59.0 Å². The first-order valence-electron chi connectivity index (χ1n) is 8.23. The first-order chi connectivity index (χ1) is 12.0. The Morgan fingerprint density at radius 3 is 2.48 bits per heavy atom. The lowest BCUT2D eigenvalue weighted by Gasteiger charge is -2.18. The molecule has 0 saturated carbocycles. The average molecular weight is 343 g/mol. The van der Waals surface area contributed by atoms with Crippen LogP contribution in [0.5, 0.6) is 11.5 Å². The molecule has 0 heterocycles. The molecule has 0 aliphatic rings. The van der Waals surface area contributed by atoms with Gasteiger partial charge in [0.15, 0.2) is 0 Å². The van der Waals surface area contributed by atoms with Crippen molar-refractivity contribution >= 4 is 5.97 Å². The molecule has 1 atom stereocenters. The van der Waals surface area contributed by atoms with Gasteiger partial charge in [-0.25, -0.2) is 0 Å². The van der Waals surface area contributed by atoms with E-state index in [1.807, 2.05) is 67.5 Å². The van der Waals surface area contributed by atoms with Crippen LogP contribution in [0.25, 0.3) is 0 Å². The van der Waals surface area contributed by atoms with Gasteiger partial charge in [-0.3, -0.25) is 4.79 Å². The van der Waals surface area contributed by atoms with Crippen molar-refractivity contribution in [1.82, 2.24) is 4.90 Å². The van der Waals surface area contributed by atoms with E-state index in [0.29, 0.717) is 24.5 Å². The van der Waals surface area contributed by atoms with E-state index >= 15 is 0 Å². The minimum absolute atomic E-state index is 0.362. The molecule has 2 rings (SSSR count). The van der Waals surface area contributed by atoms with Crippen molar-refractivity contribution in [2.45, 2.75) is 12.3 Å². The number of carbonyl (C=O) groups is 1. The number of hydrogen-bond donors (Lipinski definition) is 1. The van der Waals surface area contributed by atoms with E-state index in [1.54, 1.807) is 7.11 Å². The van der Waals surface area contributed by atoms with Crippen molar-refractivity contribution < 1.29 is 19.4 Å². The summed E-state index contributed by atoms with van der Waals surface area (Å²) in [6.45, 7) is 1.30. The molecule has 1 unspecified atom stereocenters. The molecule has 5 heteroatoms. The number of methoxy groups -OCH3 is 1. The van der Waals surface area contributed by atoms with E-state index < -0.39 is 11.9 Å². The Morgan fingerprint density at radius 1 is 1.16 bits per heavy atom. The lowest BCUT2D eigenvalue weighted by atomic mass is 9.91. The zero-order valence-corrected chi connectivity index (χ0v) is 14.9. The van der Waals surface area contributed by atoms with Gasteiger partial charge >= 0.3 is 5.97 Å². The van der Waals surface area contributed by atoms with Crippen LogP contribution in [-0.4, -0.2) is 50.3 Å². The summed E-state index contributed by atoms with van der Waals surface area (Å²) in [4.78, 5) is 13.8. The molecular weight excluding hydrogens is 318 g/mol. The summed E-state index contributed by atoms with van der Waals surface area (Å²) in [7, 11) is 5.56. The van der Waals surface area contributed by atoms with E-state index in [0.717, 1.165) is 17.7 Å². The Hall–Kier alpha value is -2.53. The molecule has 0 fully saturated rings. The van der Waals surface area contributed by atoms with Gasteiger partial charge in [-0.1, -0.05) is 36.4 Å². The Morgan fingerprint density at radius 2 is 1.88 bits per heavy atom. The second kappa shape index (κ2) is 9.08. The number of nitrogens with zero attached hydrogens (tertiary/aromatic N) is 1. The third-order valence-corrected chi connectivity index (χ3v) is 3.99. The summed E-state index contributed by atoms with van der Waals surface area (Å²) in [5, 5.41) is 9.66. The van der Waals surface area contributed by atoms with Gasteiger partial charge < -0.3 is 19.5 Å². The van der Waals surface area contributed by atoms with Crippen LogP contribution in [0.4, 0.5) is 0 Å². The molecule has 5 nitrogen and oxygen atoms in total. The third-order valence-electron chi connectivity index (χ3n) is 3.99. The summed E-state index contributed by atoms with van der Waals surface area (Å²) in [5.74, 6) is -0.106. The van der Waals surface area contributed by atoms with E-state index in [-0.39, 0.29) is 0 Å². The number of carboxylic acids is 1. The lowest BCUT2D eigenvalue weighted by Crippen LogP contribution is -2.20. The zero-order valence-electron chi connectivity index (χ0n) is 14.9. The summed E-state index contributed by atoms with van der Waals surface area (Å²) in [5.41, 5.74) is 1.64. The highest BCUT2D eigenvalue weighted by Crippen LogP contribution is 2.30. The SMILES string of the molecule is COc1ccc(CC(C(=O)O)c2ccccc2)c(OCCN(C)C)c1.